The fourth-order valence-electron chi connectivity index (χ4n) is 4.38. The Morgan fingerprint density at radius 2 is 2.12 bits per heavy atom. The Morgan fingerprint density at radius 3 is 2.92 bits per heavy atom. The van der Waals surface area contributed by atoms with Crippen molar-refractivity contribution in [3.63, 3.8) is 0 Å². The van der Waals surface area contributed by atoms with E-state index in [0.29, 0.717) is 30.9 Å². The molecule has 2 saturated carbocycles. The van der Waals surface area contributed by atoms with Crippen molar-refractivity contribution in [2.24, 2.45) is 11.8 Å². The Labute approximate surface area is 143 Å². The molecular formula is C18H26N4O2. The SMILES string of the molecule is COc1ncnc2c1CN(C(=O)N[C@@H]1C[C@H]1C1CCCCC1)CC2. The summed E-state index contributed by atoms with van der Waals surface area (Å²) < 4.78 is 5.32. The Kier molecular flexibility index (Phi) is 4.29. The zero-order chi connectivity index (χ0) is 16.5. The van der Waals surface area contributed by atoms with Gasteiger partial charge >= 0.3 is 6.03 Å². The summed E-state index contributed by atoms with van der Waals surface area (Å²) in [5.74, 6) is 2.13. The summed E-state index contributed by atoms with van der Waals surface area (Å²) in [7, 11) is 1.61. The summed E-state index contributed by atoms with van der Waals surface area (Å²) in [4.78, 5) is 23.0. The van der Waals surface area contributed by atoms with Crippen LogP contribution >= 0.6 is 0 Å². The number of amides is 2. The highest BCUT2D eigenvalue weighted by Crippen LogP contribution is 2.44. The Balaban J connectivity index is 1.34. The van der Waals surface area contributed by atoms with Gasteiger partial charge in [0, 0.05) is 19.0 Å². The van der Waals surface area contributed by atoms with E-state index in [2.05, 4.69) is 15.3 Å². The van der Waals surface area contributed by atoms with E-state index in [-0.39, 0.29) is 6.03 Å². The van der Waals surface area contributed by atoms with Gasteiger partial charge in [0.2, 0.25) is 5.88 Å². The molecule has 2 atom stereocenters. The zero-order valence-electron chi connectivity index (χ0n) is 14.3. The first-order chi connectivity index (χ1) is 11.8. The lowest BCUT2D eigenvalue weighted by molar-refractivity contribution is 0.188. The second kappa shape index (κ2) is 6.57. The van der Waals surface area contributed by atoms with Gasteiger partial charge in [-0.15, -0.1) is 0 Å². The topological polar surface area (TPSA) is 67.4 Å². The fraction of sp³-hybridized carbons (Fsp3) is 0.722. The molecule has 24 heavy (non-hydrogen) atoms. The van der Waals surface area contributed by atoms with E-state index in [9.17, 15) is 4.79 Å². The zero-order valence-corrected chi connectivity index (χ0v) is 14.3. The number of hydrogen-bond donors (Lipinski definition) is 1. The summed E-state index contributed by atoms with van der Waals surface area (Å²) in [6, 6.07) is 0.436. The van der Waals surface area contributed by atoms with Gasteiger partial charge in [-0.2, -0.15) is 0 Å². The summed E-state index contributed by atoms with van der Waals surface area (Å²) in [5.41, 5.74) is 1.94. The van der Waals surface area contributed by atoms with Crippen LogP contribution in [0, 0.1) is 11.8 Å². The quantitative estimate of drug-likeness (QED) is 0.925. The van der Waals surface area contributed by atoms with Crippen LogP contribution in [0.4, 0.5) is 4.79 Å². The molecule has 2 fully saturated rings. The lowest BCUT2D eigenvalue weighted by Crippen LogP contribution is -2.44. The monoisotopic (exact) mass is 330 g/mol. The number of ether oxygens (including phenoxy) is 1. The average molecular weight is 330 g/mol. The molecule has 1 aliphatic heterocycles. The molecule has 130 valence electrons. The van der Waals surface area contributed by atoms with Gasteiger partial charge in [-0.25, -0.2) is 14.8 Å². The second-order valence-corrected chi connectivity index (χ2v) is 7.33. The molecule has 0 unspecified atom stereocenters. The van der Waals surface area contributed by atoms with Crippen molar-refractivity contribution >= 4 is 6.03 Å². The van der Waals surface area contributed by atoms with Gasteiger partial charge in [-0.05, 0) is 18.3 Å². The number of carbonyl (C=O) groups is 1. The van der Waals surface area contributed by atoms with Gasteiger partial charge < -0.3 is 15.0 Å². The molecule has 1 aromatic heterocycles. The van der Waals surface area contributed by atoms with Crippen molar-refractivity contribution in [2.45, 2.75) is 57.5 Å². The van der Waals surface area contributed by atoms with Crippen molar-refractivity contribution in [3.05, 3.63) is 17.6 Å². The van der Waals surface area contributed by atoms with E-state index >= 15 is 0 Å². The molecule has 0 aromatic carbocycles. The summed E-state index contributed by atoms with van der Waals surface area (Å²) >= 11 is 0. The summed E-state index contributed by atoms with van der Waals surface area (Å²) in [6.07, 6.45) is 10.3. The van der Waals surface area contributed by atoms with Crippen LogP contribution in [0.3, 0.4) is 0 Å². The number of nitrogens with zero attached hydrogens (tertiary/aromatic N) is 3. The summed E-state index contributed by atoms with van der Waals surface area (Å²) in [6.45, 7) is 1.24. The van der Waals surface area contributed by atoms with Crippen LogP contribution in [0.15, 0.2) is 6.33 Å². The van der Waals surface area contributed by atoms with Gasteiger partial charge in [0.05, 0.1) is 24.9 Å². The number of nitrogens with one attached hydrogen (secondary N) is 1. The minimum atomic E-state index is 0.0508. The largest absolute Gasteiger partial charge is 0.481 e. The summed E-state index contributed by atoms with van der Waals surface area (Å²) in [5, 5.41) is 3.24. The van der Waals surface area contributed by atoms with Crippen molar-refractivity contribution < 1.29 is 9.53 Å². The van der Waals surface area contributed by atoms with Crippen molar-refractivity contribution in [3.8, 4) is 5.88 Å². The standard InChI is InChI=1S/C18H26N4O2/c1-24-17-14-10-22(8-7-15(14)19-11-20-17)18(23)21-16-9-13(16)12-5-3-2-4-6-12/h11-13,16H,2-10H2,1H3,(H,21,23)/t13-,16+/m0/s1. The molecule has 0 saturated heterocycles. The van der Waals surface area contributed by atoms with Gasteiger partial charge in [0.25, 0.3) is 0 Å². The second-order valence-electron chi connectivity index (χ2n) is 7.33. The first kappa shape index (κ1) is 15.7. The average Bonchev–Trinajstić information content (AvgIpc) is 3.40. The van der Waals surface area contributed by atoms with E-state index in [4.69, 9.17) is 4.74 Å². The van der Waals surface area contributed by atoms with E-state index in [1.54, 1.807) is 7.11 Å². The van der Waals surface area contributed by atoms with Gasteiger partial charge in [-0.1, -0.05) is 32.1 Å². The number of aromatic nitrogens is 2. The molecule has 0 bridgehead atoms. The highest BCUT2D eigenvalue weighted by atomic mass is 16.5. The molecule has 6 heteroatoms. The van der Waals surface area contributed by atoms with Crippen LogP contribution in [0.5, 0.6) is 5.88 Å². The van der Waals surface area contributed by atoms with E-state index in [1.807, 2.05) is 4.90 Å². The molecule has 2 aliphatic carbocycles. The number of rotatable bonds is 3. The Bertz CT molecular complexity index is 601. The van der Waals surface area contributed by atoms with Crippen molar-refractivity contribution in [1.82, 2.24) is 20.2 Å². The highest BCUT2D eigenvalue weighted by molar-refractivity contribution is 5.75. The van der Waals surface area contributed by atoms with Crippen LogP contribution in [0.1, 0.15) is 49.8 Å². The molecule has 0 radical (unpaired) electrons. The van der Waals surface area contributed by atoms with E-state index in [1.165, 1.54) is 38.4 Å². The first-order valence-electron chi connectivity index (χ1n) is 9.18. The number of carbonyl (C=O) groups excluding carboxylic acids is 1. The molecule has 1 N–H and O–H groups in total. The first-order valence-corrected chi connectivity index (χ1v) is 9.18. The van der Waals surface area contributed by atoms with Crippen LogP contribution < -0.4 is 10.1 Å². The van der Waals surface area contributed by atoms with E-state index in [0.717, 1.165) is 30.0 Å². The minimum absolute atomic E-state index is 0.0508. The number of fused-ring (bicyclic) bond motifs is 1. The molecule has 0 spiro atoms. The molecule has 4 rings (SSSR count). The smallest absolute Gasteiger partial charge is 0.317 e. The maximum absolute atomic E-state index is 12.6. The molecule has 2 amide bonds. The van der Waals surface area contributed by atoms with Crippen LogP contribution in [0.25, 0.3) is 0 Å². The number of urea groups is 1. The van der Waals surface area contributed by atoms with Crippen molar-refractivity contribution in [2.75, 3.05) is 13.7 Å². The Hall–Kier alpha value is -1.85. The molecule has 1 aromatic rings. The maximum Gasteiger partial charge on any atom is 0.317 e. The van der Waals surface area contributed by atoms with Crippen molar-refractivity contribution in [1.29, 1.82) is 0 Å². The lowest BCUT2D eigenvalue weighted by atomic mass is 9.85. The third-order valence-electron chi connectivity index (χ3n) is 5.85. The maximum atomic E-state index is 12.6. The molecule has 2 heterocycles. The van der Waals surface area contributed by atoms with Crippen LogP contribution in [-0.2, 0) is 13.0 Å². The van der Waals surface area contributed by atoms with Gasteiger partial charge in [-0.3, -0.25) is 0 Å². The van der Waals surface area contributed by atoms with Gasteiger partial charge in [0.15, 0.2) is 0 Å². The van der Waals surface area contributed by atoms with Gasteiger partial charge in [0.1, 0.15) is 6.33 Å². The number of methoxy groups -OCH3 is 1. The molecular weight excluding hydrogens is 304 g/mol. The predicted molar refractivity (Wildman–Crippen MR) is 89.7 cm³/mol. The molecule has 3 aliphatic rings. The van der Waals surface area contributed by atoms with E-state index < -0.39 is 0 Å². The highest BCUT2D eigenvalue weighted by Gasteiger charge is 2.44. The minimum Gasteiger partial charge on any atom is -0.481 e. The fourth-order valence-corrected chi connectivity index (χ4v) is 4.38. The third-order valence-corrected chi connectivity index (χ3v) is 5.85. The normalized spacial score (nSPS) is 26.6. The molecule has 6 nitrogen and oxygen atoms in total. The van der Waals surface area contributed by atoms with Crippen LogP contribution in [-0.4, -0.2) is 40.6 Å². The Morgan fingerprint density at radius 1 is 1.29 bits per heavy atom. The number of hydrogen-bond acceptors (Lipinski definition) is 4. The third kappa shape index (κ3) is 3.06. The predicted octanol–water partition coefficient (Wildman–Crippen LogP) is 2.52. The van der Waals surface area contributed by atoms with Crippen LogP contribution in [0.2, 0.25) is 0 Å². The lowest BCUT2D eigenvalue weighted by Gasteiger charge is -2.29.